The van der Waals surface area contributed by atoms with Gasteiger partial charge in [-0.1, -0.05) is 18.2 Å². The van der Waals surface area contributed by atoms with Crippen LogP contribution in [-0.2, 0) is 6.42 Å². The van der Waals surface area contributed by atoms with Gasteiger partial charge in [0.1, 0.15) is 22.3 Å². The van der Waals surface area contributed by atoms with Crippen LogP contribution in [0.4, 0.5) is 0 Å². The molecular formula is C21H18N4O2S. The van der Waals surface area contributed by atoms with E-state index in [-0.39, 0.29) is 11.9 Å². The molecule has 1 atom stereocenters. The molecule has 1 aromatic carbocycles. The van der Waals surface area contributed by atoms with Gasteiger partial charge in [0.15, 0.2) is 0 Å². The van der Waals surface area contributed by atoms with Crippen LogP contribution in [0.2, 0.25) is 0 Å². The summed E-state index contributed by atoms with van der Waals surface area (Å²) in [6.45, 7) is 0.623. The van der Waals surface area contributed by atoms with Crippen molar-refractivity contribution in [3.05, 3.63) is 69.9 Å². The number of nitrogens with one attached hydrogen (secondary N) is 1. The number of H-pyrrole nitrogens is 1. The number of imidazole rings is 1. The van der Waals surface area contributed by atoms with Crippen molar-refractivity contribution in [1.82, 2.24) is 19.9 Å². The third-order valence-corrected chi connectivity index (χ3v) is 6.48. The average molecular weight is 390 g/mol. The van der Waals surface area contributed by atoms with Crippen LogP contribution in [0.25, 0.3) is 11.0 Å². The Morgan fingerprint density at radius 2 is 2.11 bits per heavy atom. The maximum atomic E-state index is 13.6. The largest absolute Gasteiger partial charge is 0.458 e. The zero-order valence-corrected chi connectivity index (χ0v) is 15.9. The van der Waals surface area contributed by atoms with E-state index in [9.17, 15) is 4.79 Å². The standard InChI is InChI=1S/C21H18N4O2S/c26-21(20-17(12-5-6-12)24-11-28-20)25-8-7-14-18(23-10-22-14)19(25)16-9-13-3-1-2-4-15(13)27-16/h1-4,9-12,19H,5-8H2,(H,22,23)/t19-/m1/s1. The molecule has 1 saturated carbocycles. The minimum absolute atomic E-state index is 0.0310. The number of aromatic nitrogens is 3. The molecule has 7 heteroatoms. The van der Waals surface area contributed by atoms with Crippen molar-refractivity contribution in [2.24, 2.45) is 0 Å². The summed E-state index contributed by atoms with van der Waals surface area (Å²) in [4.78, 5) is 28.5. The van der Waals surface area contributed by atoms with Crippen LogP contribution in [0.15, 0.2) is 46.6 Å². The number of aromatic amines is 1. The highest BCUT2D eigenvalue weighted by atomic mass is 32.1. The van der Waals surface area contributed by atoms with Crippen LogP contribution in [0, 0.1) is 0 Å². The molecule has 3 aromatic heterocycles. The molecule has 1 aliphatic carbocycles. The third kappa shape index (κ3) is 2.43. The number of nitrogens with zero attached hydrogens (tertiary/aromatic N) is 3. The van der Waals surface area contributed by atoms with Gasteiger partial charge in [-0.15, -0.1) is 11.3 Å². The molecule has 1 fully saturated rings. The topological polar surface area (TPSA) is 75.0 Å². The predicted octanol–water partition coefficient (Wildman–Crippen LogP) is 4.28. The Balaban J connectivity index is 1.46. The first-order chi connectivity index (χ1) is 13.8. The smallest absolute Gasteiger partial charge is 0.266 e. The fourth-order valence-corrected chi connectivity index (χ4v) is 4.94. The normalized spacial score (nSPS) is 19.1. The van der Waals surface area contributed by atoms with Gasteiger partial charge in [-0.2, -0.15) is 0 Å². The fraction of sp³-hybridized carbons (Fsp3) is 0.286. The van der Waals surface area contributed by atoms with E-state index in [1.165, 1.54) is 11.3 Å². The van der Waals surface area contributed by atoms with Crippen molar-refractivity contribution in [1.29, 1.82) is 0 Å². The molecule has 4 aromatic rings. The van der Waals surface area contributed by atoms with E-state index in [0.717, 1.165) is 58.0 Å². The van der Waals surface area contributed by atoms with Crippen molar-refractivity contribution in [3.8, 4) is 0 Å². The van der Waals surface area contributed by atoms with Gasteiger partial charge < -0.3 is 14.3 Å². The van der Waals surface area contributed by atoms with Crippen LogP contribution < -0.4 is 0 Å². The molecular weight excluding hydrogens is 372 g/mol. The maximum absolute atomic E-state index is 13.6. The molecule has 0 bridgehead atoms. The highest BCUT2D eigenvalue weighted by Crippen LogP contribution is 2.43. The first-order valence-electron chi connectivity index (χ1n) is 9.54. The maximum Gasteiger partial charge on any atom is 0.266 e. The highest BCUT2D eigenvalue weighted by Gasteiger charge is 2.39. The van der Waals surface area contributed by atoms with Gasteiger partial charge in [0.2, 0.25) is 0 Å². The van der Waals surface area contributed by atoms with E-state index in [2.05, 4.69) is 15.0 Å². The summed E-state index contributed by atoms with van der Waals surface area (Å²) in [5, 5.41) is 1.03. The molecule has 0 radical (unpaired) electrons. The van der Waals surface area contributed by atoms with E-state index in [0.29, 0.717) is 12.5 Å². The summed E-state index contributed by atoms with van der Waals surface area (Å²) >= 11 is 1.44. The number of para-hydroxylation sites is 1. The van der Waals surface area contributed by atoms with Gasteiger partial charge in [-0.25, -0.2) is 9.97 Å². The van der Waals surface area contributed by atoms with Gasteiger partial charge in [-0.3, -0.25) is 4.79 Å². The van der Waals surface area contributed by atoms with E-state index in [1.54, 1.807) is 11.8 Å². The first-order valence-corrected chi connectivity index (χ1v) is 10.4. The summed E-state index contributed by atoms with van der Waals surface area (Å²) in [5.41, 5.74) is 5.52. The molecule has 6 rings (SSSR count). The van der Waals surface area contributed by atoms with Crippen molar-refractivity contribution < 1.29 is 9.21 Å². The Morgan fingerprint density at radius 1 is 1.21 bits per heavy atom. The second kappa shape index (κ2) is 6.04. The van der Waals surface area contributed by atoms with Crippen LogP contribution in [-0.4, -0.2) is 32.3 Å². The van der Waals surface area contributed by atoms with Gasteiger partial charge in [0.05, 0.1) is 23.2 Å². The number of thiazole rings is 1. The number of carbonyl (C=O) groups excluding carboxylic acids is 1. The monoisotopic (exact) mass is 390 g/mol. The van der Waals surface area contributed by atoms with Crippen molar-refractivity contribution in [2.75, 3.05) is 6.54 Å². The molecule has 2 aliphatic rings. The number of rotatable bonds is 3. The summed E-state index contributed by atoms with van der Waals surface area (Å²) in [7, 11) is 0. The predicted molar refractivity (Wildman–Crippen MR) is 105 cm³/mol. The van der Waals surface area contributed by atoms with Crippen LogP contribution >= 0.6 is 11.3 Å². The SMILES string of the molecule is O=C(c1scnc1C1CC1)N1CCc2[nH]cnc2[C@H]1c1cc2ccccc2o1. The van der Waals surface area contributed by atoms with Gasteiger partial charge in [0, 0.05) is 30.0 Å². The van der Waals surface area contributed by atoms with Crippen molar-refractivity contribution in [3.63, 3.8) is 0 Å². The number of hydrogen-bond acceptors (Lipinski definition) is 5. The van der Waals surface area contributed by atoms with Gasteiger partial charge in [0.25, 0.3) is 5.91 Å². The van der Waals surface area contributed by atoms with E-state index >= 15 is 0 Å². The first kappa shape index (κ1) is 16.1. The molecule has 140 valence electrons. The van der Waals surface area contributed by atoms with E-state index in [1.807, 2.05) is 35.2 Å². The number of fused-ring (bicyclic) bond motifs is 2. The molecule has 0 spiro atoms. The zero-order chi connectivity index (χ0) is 18.7. The number of furan rings is 1. The molecule has 28 heavy (non-hydrogen) atoms. The molecule has 4 heterocycles. The lowest BCUT2D eigenvalue weighted by Crippen LogP contribution is -2.40. The van der Waals surface area contributed by atoms with E-state index in [4.69, 9.17) is 4.42 Å². The number of hydrogen-bond donors (Lipinski definition) is 1. The lowest BCUT2D eigenvalue weighted by Gasteiger charge is -2.33. The average Bonchev–Trinajstić information content (AvgIpc) is 3.14. The van der Waals surface area contributed by atoms with Crippen molar-refractivity contribution >= 4 is 28.2 Å². The summed E-state index contributed by atoms with van der Waals surface area (Å²) in [5.74, 6) is 1.23. The summed E-state index contributed by atoms with van der Waals surface area (Å²) in [6.07, 6.45) is 4.72. The molecule has 1 amide bonds. The van der Waals surface area contributed by atoms with Gasteiger partial charge >= 0.3 is 0 Å². The number of amides is 1. The summed E-state index contributed by atoms with van der Waals surface area (Å²) < 4.78 is 6.16. The number of benzene rings is 1. The Kier molecular flexibility index (Phi) is 3.46. The second-order valence-electron chi connectivity index (χ2n) is 7.45. The third-order valence-electron chi connectivity index (χ3n) is 5.65. The van der Waals surface area contributed by atoms with Crippen molar-refractivity contribution in [2.45, 2.75) is 31.2 Å². The van der Waals surface area contributed by atoms with Crippen LogP contribution in [0.1, 0.15) is 57.3 Å². The lowest BCUT2D eigenvalue weighted by molar-refractivity contribution is 0.0676. The van der Waals surface area contributed by atoms with Gasteiger partial charge in [-0.05, 0) is 25.0 Å². The summed E-state index contributed by atoms with van der Waals surface area (Å²) in [6, 6.07) is 9.62. The van der Waals surface area contributed by atoms with Crippen LogP contribution in [0.3, 0.4) is 0 Å². The lowest BCUT2D eigenvalue weighted by atomic mass is 9.99. The molecule has 6 nitrogen and oxygen atoms in total. The Morgan fingerprint density at radius 3 is 2.96 bits per heavy atom. The second-order valence-corrected chi connectivity index (χ2v) is 8.30. The quantitative estimate of drug-likeness (QED) is 0.567. The molecule has 1 N–H and O–H groups in total. The Hall–Kier alpha value is -2.93. The highest BCUT2D eigenvalue weighted by molar-refractivity contribution is 7.11. The van der Waals surface area contributed by atoms with Crippen LogP contribution in [0.5, 0.6) is 0 Å². The molecule has 0 saturated heterocycles. The molecule has 0 unspecified atom stereocenters. The minimum atomic E-state index is -0.330. The Bertz CT molecular complexity index is 1150. The minimum Gasteiger partial charge on any atom is -0.458 e. The number of carbonyl (C=O) groups is 1. The molecule has 1 aliphatic heterocycles. The Labute approximate surface area is 165 Å². The van der Waals surface area contributed by atoms with E-state index < -0.39 is 0 Å². The fourth-order valence-electron chi connectivity index (χ4n) is 4.11. The zero-order valence-electron chi connectivity index (χ0n) is 15.1.